The van der Waals surface area contributed by atoms with Crippen LogP contribution >= 0.6 is 11.8 Å². The van der Waals surface area contributed by atoms with Crippen molar-refractivity contribution >= 4 is 34.5 Å². The molecule has 0 radical (unpaired) electrons. The van der Waals surface area contributed by atoms with Crippen molar-refractivity contribution in [3.05, 3.63) is 30.0 Å². The predicted octanol–water partition coefficient (Wildman–Crippen LogP) is 2.61. The molecule has 2 aromatic heterocycles. The fourth-order valence-electron chi connectivity index (χ4n) is 3.80. The second-order valence-corrected chi connectivity index (χ2v) is 8.74. The van der Waals surface area contributed by atoms with Crippen molar-refractivity contribution in [1.29, 1.82) is 0 Å². The molecule has 10 nitrogen and oxygen atoms in total. The normalized spacial score (nSPS) is 13.8. The lowest BCUT2D eigenvalue weighted by Crippen LogP contribution is -2.37. The van der Waals surface area contributed by atoms with E-state index in [0.717, 1.165) is 47.3 Å². The van der Waals surface area contributed by atoms with Gasteiger partial charge >= 0.3 is 0 Å². The van der Waals surface area contributed by atoms with E-state index in [1.807, 2.05) is 4.68 Å². The molecule has 1 aromatic carbocycles. The van der Waals surface area contributed by atoms with E-state index in [-0.39, 0.29) is 5.91 Å². The Kier molecular flexibility index (Phi) is 8.07. The van der Waals surface area contributed by atoms with Gasteiger partial charge in [0.15, 0.2) is 22.3 Å². The smallest absolute Gasteiger partial charge is 0.255 e. The monoisotopic (exact) mass is 486 g/mol. The van der Waals surface area contributed by atoms with Gasteiger partial charge in [-0.25, -0.2) is 14.6 Å². The largest absolute Gasteiger partial charge is 0.493 e. The third-order valence-corrected chi connectivity index (χ3v) is 6.51. The number of amides is 1. The molecule has 3 heterocycles. The number of hydrogen-bond acceptors (Lipinski definition) is 9. The average molecular weight is 487 g/mol. The molecule has 11 heteroatoms. The van der Waals surface area contributed by atoms with Crippen molar-refractivity contribution in [2.45, 2.75) is 25.0 Å². The molecule has 0 saturated carbocycles. The summed E-state index contributed by atoms with van der Waals surface area (Å²) in [6.45, 7) is 5.91. The Hall–Kier alpha value is -3.05. The molecule has 182 valence electrons. The van der Waals surface area contributed by atoms with Gasteiger partial charge in [-0.05, 0) is 18.6 Å². The van der Waals surface area contributed by atoms with E-state index in [1.54, 1.807) is 43.3 Å². The Morgan fingerprint density at radius 2 is 2.03 bits per heavy atom. The molecular formula is C23H30N6O4S. The third-order valence-electron chi connectivity index (χ3n) is 5.46. The molecule has 0 atom stereocenters. The van der Waals surface area contributed by atoms with E-state index in [0.29, 0.717) is 43.4 Å². The van der Waals surface area contributed by atoms with Crippen LogP contribution in [0.4, 0.5) is 5.82 Å². The molecule has 1 aliphatic heterocycles. The summed E-state index contributed by atoms with van der Waals surface area (Å²) < 4.78 is 18.0. The van der Waals surface area contributed by atoms with Gasteiger partial charge in [-0.2, -0.15) is 5.10 Å². The minimum absolute atomic E-state index is 0.241. The fourth-order valence-corrected chi connectivity index (χ4v) is 4.48. The minimum Gasteiger partial charge on any atom is -0.493 e. The van der Waals surface area contributed by atoms with Crippen molar-refractivity contribution in [3.63, 3.8) is 0 Å². The molecule has 3 aromatic rings. The molecule has 0 bridgehead atoms. The van der Waals surface area contributed by atoms with Crippen LogP contribution in [0.5, 0.6) is 11.5 Å². The van der Waals surface area contributed by atoms with Crippen molar-refractivity contribution in [3.8, 4) is 11.5 Å². The van der Waals surface area contributed by atoms with Crippen LogP contribution in [0.1, 0.15) is 23.7 Å². The highest BCUT2D eigenvalue weighted by molar-refractivity contribution is 7.99. The SMILES string of the molecule is CCCSc1nc(N2CCOCC2)c2cnn(CCNC(=O)c3cccc(OC)c3OC)c2n1. The van der Waals surface area contributed by atoms with Gasteiger partial charge in [-0.15, -0.1) is 0 Å². The van der Waals surface area contributed by atoms with Crippen LogP contribution in [0.2, 0.25) is 0 Å². The standard InChI is InChI=1S/C23H30N6O4S/c1-4-14-34-23-26-20(28-10-12-33-13-11-28)17-15-25-29(21(17)27-23)9-8-24-22(30)16-6-5-7-18(31-2)19(16)32-3/h5-7,15H,4,8-14H2,1-3H3,(H,24,30). The summed E-state index contributed by atoms with van der Waals surface area (Å²) in [6, 6.07) is 5.22. The molecular weight excluding hydrogens is 456 g/mol. The van der Waals surface area contributed by atoms with Crippen molar-refractivity contribution in [2.75, 3.05) is 57.7 Å². The van der Waals surface area contributed by atoms with E-state index in [9.17, 15) is 4.79 Å². The van der Waals surface area contributed by atoms with E-state index in [2.05, 4.69) is 22.2 Å². The summed E-state index contributed by atoms with van der Waals surface area (Å²) in [7, 11) is 3.06. The van der Waals surface area contributed by atoms with Crippen LogP contribution in [0.15, 0.2) is 29.6 Å². The Balaban J connectivity index is 1.53. The van der Waals surface area contributed by atoms with Gasteiger partial charge in [0.2, 0.25) is 0 Å². The van der Waals surface area contributed by atoms with Crippen LogP contribution in [-0.2, 0) is 11.3 Å². The number of carbonyl (C=O) groups excluding carboxylic acids is 1. The molecule has 0 aliphatic carbocycles. The number of fused-ring (bicyclic) bond motifs is 1. The van der Waals surface area contributed by atoms with Crippen molar-refractivity contribution < 1.29 is 19.0 Å². The lowest BCUT2D eigenvalue weighted by molar-refractivity contribution is 0.0948. The molecule has 1 aliphatic rings. The van der Waals surface area contributed by atoms with Crippen LogP contribution in [0.25, 0.3) is 11.0 Å². The van der Waals surface area contributed by atoms with E-state index in [4.69, 9.17) is 24.2 Å². The van der Waals surface area contributed by atoms with Crippen LogP contribution in [0.3, 0.4) is 0 Å². The zero-order chi connectivity index (χ0) is 23.9. The number of carbonyl (C=O) groups is 1. The summed E-state index contributed by atoms with van der Waals surface area (Å²) in [5.74, 6) is 2.52. The van der Waals surface area contributed by atoms with Gasteiger partial charge in [0.05, 0.1) is 51.1 Å². The number of nitrogens with one attached hydrogen (secondary N) is 1. The topological polar surface area (TPSA) is 104 Å². The molecule has 1 fully saturated rings. The molecule has 34 heavy (non-hydrogen) atoms. The lowest BCUT2D eigenvalue weighted by Gasteiger charge is -2.28. The number of nitrogens with zero attached hydrogens (tertiary/aromatic N) is 5. The highest BCUT2D eigenvalue weighted by Crippen LogP contribution is 2.31. The van der Waals surface area contributed by atoms with Crippen molar-refractivity contribution in [2.24, 2.45) is 0 Å². The molecule has 0 unspecified atom stereocenters. The van der Waals surface area contributed by atoms with E-state index < -0.39 is 0 Å². The van der Waals surface area contributed by atoms with Gasteiger partial charge in [-0.1, -0.05) is 24.8 Å². The van der Waals surface area contributed by atoms with Gasteiger partial charge in [-0.3, -0.25) is 4.79 Å². The number of aromatic nitrogens is 4. The molecule has 1 N–H and O–H groups in total. The second-order valence-electron chi connectivity index (χ2n) is 7.68. The number of anilines is 1. The first-order valence-electron chi connectivity index (χ1n) is 11.3. The summed E-state index contributed by atoms with van der Waals surface area (Å²) in [5, 5.41) is 9.14. The van der Waals surface area contributed by atoms with Gasteiger partial charge < -0.3 is 24.4 Å². The lowest BCUT2D eigenvalue weighted by atomic mass is 10.1. The maximum atomic E-state index is 12.8. The molecule has 4 rings (SSSR count). The Bertz CT molecular complexity index is 1130. The maximum absolute atomic E-state index is 12.8. The number of morpholine rings is 1. The number of ether oxygens (including phenoxy) is 3. The Labute approximate surface area is 203 Å². The number of benzene rings is 1. The predicted molar refractivity (Wildman–Crippen MR) is 131 cm³/mol. The highest BCUT2D eigenvalue weighted by atomic mass is 32.2. The molecule has 1 saturated heterocycles. The zero-order valence-corrected chi connectivity index (χ0v) is 20.6. The quantitative estimate of drug-likeness (QED) is 0.342. The van der Waals surface area contributed by atoms with Crippen molar-refractivity contribution in [1.82, 2.24) is 25.1 Å². The third kappa shape index (κ3) is 5.20. The summed E-state index contributed by atoms with van der Waals surface area (Å²) >= 11 is 1.64. The number of rotatable bonds is 10. The Morgan fingerprint density at radius 3 is 2.76 bits per heavy atom. The first-order valence-corrected chi connectivity index (χ1v) is 12.3. The molecule has 0 spiro atoms. The average Bonchev–Trinajstić information content (AvgIpc) is 3.29. The number of methoxy groups -OCH3 is 2. The number of para-hydroxylation sites is 1. The van der Waals surface area contributed by atoms with Gasteiger partial charge in [0.25, 0.3) is 5.91 Å². The van der Waals surface area contributed by atoms with Crippen LogP contribution < -0.4 is 19.7 Å². The summed E-state index contributed by atoms with van der Waals surface area (Å²) in [6.07, 6.45) is 2.85. The summed E-state index contributed by atoms with van der Waals surface area (Å²) in [5.41, 5.74) is 1.19. The van der Waals surface area contributed by atoms with Crippen LogP contribution in [-0.4, -0.2) is 78.5 Å². The number of thioether (sulfide) groups is 1. The van der Waals surface area contributed by atoms with E-state index in [1.165, 1.54) is 7.11 Å². The van der Waals surface area contributed by atoms with Gasteiger partial charge in [0.1, 0.15) is 5.82 Å². The first-order chi connectivity index (χ1) is 16.7. The van der Waals surface area contributed by atoms with Crippen LogP contribution in [0, 0.1) is 0 Å². The second kappa shape index (κ2) is 11.4. The van der Waals surface area contributed by atoms with E-state index >= 15 is 0 Å². The maximum Gasteiger partial charge on any atom is 0.255 e. The zero-order valence-electron chi connectivity index (χ0n) is 19.7. The van der Waals surface area contributed by atoms with Gasteiger partial charge in [0, 0.05) is 25.4 Å². The minimum atomic E-state index is -0.241. The first kappa shape index (κ1) is 24.1. The summed E-state index contributed by atoms with van der Waals surface area (Å²) in [4.78, 5) is 24.6. The number of hydrogen-bond donors (Lipinski definition) is 1. The molecule has 1 amide bonds. The Morgan fingerprint density at radius 1 is 1.21 bits per heavy atom. The fraction of sp³-hybridized carbons (Fsp3) is 0.478. The highest BCUT2D eigenvalue weighted by Gasteiger charge is 2.21.